The molecular formula is C11H15Cl2NO2S2. The second-order valence-electron chi connectivity index (χ2n) is 3.88. The van der Waals surface area contributed by atoms with Crippen molar-refractivity contribution < 1.29 is 8.42 Å². The van der Waals surface area contributed by atoms with Crippen LogP contribution in [0.15, 0.2) is 30.3 Å². The summed E-state index contributed by atoms with van der Waals surface area (Å²) in [5, 5.41) is 0. The third kappa shape index (κ3) is 5.26. The fraction of sp³-hybridized carbons (Fsp3) is 0.455. The van der Waals surface area contributed by atoms with Gasteiger partial charge in [0.1, 0.15) is 0 Å². The van der Waals surface area contributed by atoms with Crippen LogP contribution < -0.4 is 4.72 Å². The fourth-order valence-corrected chi connectivity index (χ4v) is 3.93. The summed E-state index contributed by atoms with van der Waals surface area (Å²) in [6.07, 6.45) is 0. The summed E-state index contributed by atoms with van der Waals surface area (Å²) < 4.78 is 25.2. The van der Waals surface area contributed by atoms with Crippen molar-refractivity contribution in [3.8, 4) is 0 Å². The number of rotatable bonds is 7. The zero-order valence-corrected chi connectivity index (χ0v) is 13.0. The van der Waals surface area contributed by atoms with Crippen LogP contribution in [0.25, 0.3) is 0 Å². The van der Waals surface area contributed by atoms with Gasteiger partial charge in [-0.1, -0.05) is 36.7 Å². The van der Waals surface area contributed by atoms with Crippen LogP contribution in [-0.4, -0.2) is 24.1 Å². The standard InChI is InChI=1S/C11H15Cl2NO2S2/c1-9(7-12)8-17-11(13)18(15,16)14-10-5-3-2-4-6-10/h2-6,9,11,14H,7-8H2,1H3. The molecule has 1 aromatic carbocycles. The van der Waals surface area contributed by atoms with Gasteiger partial charge in [0.05, 0.1) is 0 Å². The molecule has 0 spiro atoms. The Labute approximate surface area is 122 Å². The smallest absolute Gasteiger partial charge is 0.259 e. The minimum atomic E-state index is -3.58. The van der Waals surface area contributed by atoms with E-state index in [4.69, 9.17) is 23.2 Å². The van der Waals surface area contributed by atoms with Gasteiger partial charge in [0, 0.05) is 11.6 Å². The molecule has 3 nitrogen and oxygen atoms in total. The molecule has 18 heavy (non-hydrogen) atoms. The maximum atomic E-state index is 11.9. The van der Waals surface area contributed by atoms with Crippen LogP contribution in [0.4, 0.5) is 5.69 Å². The van der Waals surface area contributed by atoms with Gasteiger partial charge in [0.25, 0.3) is 10.0 Å². The number of sulfonamides is 1. The number of thioether (sulfide) groups is 1. The van der Waals surface area contributed by atoms with Crippen LogP contribution in [0, 0.1) is 5.92 Å². The predicted octanol–water partition coefficient (Wildman–Crippen LogP) is 3.56. The predicted molar refractivity (Wildman–Crippen MR) is 81.0 cm³/mol. The molecule has 0 amide bonds. The Balaban J connectivity index is 2.58. The Morgan fingerprint density at radius 3 is 2.50 bits per heavy atom. The second kappa shape index (κ2) is 7.48. The highest BCUT2D eigenvalue weighted by Gasteiger charge is 2.23. The van der Waals surface area contributed by atoms with E-state index in [1.807, 2.05) is 13.0 Å². The summed E-state index contributed by atoms with van der Waals surface area (Å²) in [5.74, 6) is 1.32. The zero-order valence-electron chi connectivity index (χ0n) is 9.84. The molecule has 0 heterocycles. The number of nitrogens with one attached hydrogen (secondary N) is 1. The number of hydrogen-bond acceptors (Lipinski definition) is 3. The van der Waals surface area contributed by atoms with Gasteiger partial charge >= 0.3 is 0 Å². The van der Waals surface area contributed by atoms with Crippen LogP contribution in [-0.2, 0) is 10.0 Å². The fourth-order valence-electron chi connectivity index (χ4n) is 1.09. The van der Waals surface area contributed by atoms with E-state index in [9.17, 15) is 8.42 Å². The molecule has 0 radical (unpaired) electrons. The minimum Gasteiger partial charge on any atom is -0.282 e. The lowest BCUT2D eigenvalue weighted by atomic mass is 10.3. The van der Waals surface area contributed by atoms with E-state index >= 15 is 0 Å². The van der Waals surface area contributed by atoms with Gasteiger partial charge < -0.3 is 0 Å². The first kappa shape index (κ1) is 16.0. The number of halogens is 2. The maximum absolute atomic E-state index is 11.9. The van der Waals surface area contributed by atoms with Crippen LogP contribution in [0.2, 0.25) is 0 Å². The molecular weight excluding hydrogens is 313 g/mol. The van der Waals surface area contributed by atoms with Gasteiger partial charge in [0.15, 0.2) is 4.04 Å². The first-order valence-electron chi connectivity index (χ1n) is 5.34. The summed E-state index contributed by atoms with van der Waals surface area (Å²) in [6, 6.07) is 8.67. The normalized spacial score (nSPS) is 15.1. The van der Waals surface area contributed by atoms with Crippen LogP contribution >= 0.6 is 35.0 Å². The lowest BCUT2D eigenvalue weighted by molar-refractivity contribution is 0.604. The van der Waals surface area contributed by atoms with Crippen molar-refractivity contribution in [1.82, 2.24) is 0 Å². The monoisotopic (exact) mass is 327 g/mol. The average Bonchev–Trinajstić information content (AvgIpc) is 2.36. The molecule has 7 heteroatoms. The third-order valence-corrected chi connectivity index (χ3v) is 6.86. The highest BCUT2D eigenvalue weighted by molar-refractivity contribution is 8.15. The summed E-state index contributed by atoms with van der Waals surface area (Å²) in [6.45, 7) is 1.95. The Morgan fingerprint density at radius 1 is 1.33 bits per heavy atom. The molecule has 0 aromatic heterocycles. The Morgan fingerprint density at radius 2 is 1.94 bits per heavy atom. The molecule has 2 atom stereocenters. The lowest BCUT2D eigenvalue weighted by Crippen LogP contribution is -2.22. The van der Waals surface area contributed by atoms with Crippen molar-refractivity contribution in [2.24, 2.45) is 5.92 Å². The maximum Gasteiger partial charge on any atom is 0.259 e. The van der Waals surface area contributed by atoms with E-state index < -0.39 is 14.1 Å². The van der Waals surface area contributed by atoms with Gasteiger partial charge in [-0.3, -0.25) is 4.72 Å². The quantitative estimate of drug-likeness (QED) is 0.779. The van der Waals surface area contributed by atoms with Gasteiger partial charge in [0.2, 0.25) is 0 Å². The largest absolute Gasteiger partial charge is 0.282 e. The van der Waals surface area contributed by atoms with Crippen molar-refractivity contribution in [2.75, 3.05) is 16.4 Å². The Kier molecular flexibility index (Phi) is 6.63. The molecule has 0 aliphatic carbocycles. The van der Waals surface area contributed by atoms with E-state index in [0.29, 0.717) is 17.3 Å². The minimum absolute atomic E-state index is 0.227. The number of anilines is 1. The van der Waals surface area contributed by atoms with E-state index in [2.05, 4.69) is 4.72 Å². The van der Waals surface area contributed by atoms with Crippen LogP contribution in [0.5, 0.6) is 0 Å². The van der Waals surface area contributed by atoms with Gasteiger partial charge in [-0.25, -0.2) is 8.42 Å². The molecule has 1 N–H and O–H groups in total. The molecule has 0 fully saturated rings. The zero-order chi connectivity index (χ0) is 13.6. The Hall–Kier alpha value is -0.100. The van der Waals surface area contributed by atoms with Gasteiger partial charge in [-0.2, -0.15) is 0 Å². The molecule has 0 saturated heterocycles. The SMILES string of the molecule is CC(CCl)CSC(Cl)S(=O)(=O)Nc1ccccc1. The Bertz CT molecular complexity index is 453. The average molecular weight is 328 g/mol. The first-order chi connectivity index (χ1) is 8.45. The van der Waals surface area contributed by atoms with Gasteiger partial charge in [-0.15, -0.1) is 23.4 Å². The molecule has 0 aliphatic rings. The second-order valence-corrected chi connectivity index (χ2v) is 8.34. The van der Waals surface area contributed by atoms with Crippen molar-refractivity contribution >= 4 is 50.7 Å². The van der Waals surface area contributed by atoms with Crippen molar-refractivity contribution in [3.63, 3.8) is 0 Å². The molecule has 102 valence electrons. The number of alkyl halides is 2. The van der Waals surface area contributed by atoms with Crippen LogP contribution in [0.1, 0.15) is 6.92 Å². The van der Waals surface area contributed by atoms with E-state index in [1.165, 1.54) is 11.8 Å². The van der Waals surface area contributed by atoms with E-state index in [-0.39, 0.29) is 5.92 Å². The van der Waals surface area contributed by atoms with E-state index in [0.717, 1.165) is 0 Å². The lowest BCUT2D eigenvalue weighted by Gasteiger charge is -2.14. The van der Waals surface area contributed by atoms with E-state index in [1.54, 1.807) is 24.3 Å². The summed E-state index contributed by atoms with van der Waals surface area (Å²) in [4.78, 5) is 0. The van der Waals surface area contributed by atoms with Crippen LogP contribution in [0.3, 0.4) is 0 Å². The summed E-state index contributed by atoms with van der Waals surface area (Å²) >= 11 is 12.7. The van der Waals surface area contributed by atoms with Crippen molar-refractivity contribution in [3.05, 3.63) is 30.3 Å². The molecule has 0 saturated carbocycles. The molecule has 1 aromatic rings. The molecule has 0 bridgehead atoms. The summed E-state index contributed by atoms with van der Waals surface area (Å²) in [5.41, 5.74) is 0.508. The first-order valence-corrected chi connectivity index (χ1v) is 8.90. The summed E-state index contributed by atoms with van der Waals surface area (Å²) in [7, 11) is -3.58. The number of para-hydroxylation sites is 1. The highest BCUT2D eigenvalue weighted by atomic mass is 35.5. The number of benzene rings is 1. The topological polar surface area (TPSA) is 46.2 Å². The highest BCUT2D eigenvalue weighted by Crippen LogP contribution is 2.25. The number of hydrogen-bond donors (Lipinski definition) is 1. The molecule has 0 aliphatic heterocycles. The van der Waals surface area contributed by atoms with Crippen molar-refractivity contribution in [2.45, 2.75) is 11.0 Å². The van der Waals surface area contributed by atoms with Gasteiger partial charge in [-0.05, 0) is 23.8 Å². The third-order valence-electron chi connectivity index (χ3n) is 2.05. The van der Waals surface area contributed by atoms with Crippen molar-refractivity contribution in [1.29, 1.82) is 0 Å². The molecule has 1 rings (SSSR count). The molecule has 2 unspecified atom stereocenters.